The third kappa shape index (κ3) is 4.24. The maximum absolute atomic E-state index is 12.5. The highest BCUT2D eigenvalue weighted by molar-refractivity contribution is 5.99. The molecule has 0 heterocycles. The summed E-state index contributed by atoms with van der Waals surface area (Å²) in [7, 11) is 3.05. The lowest BCUT2D eigenvalue weighted by atomic mass is 10.1. The lowest BCUT2D eigenvalue weighted by Gasteiger charge is -2.15. The van der Waals surface area contributed by atoms with Gasteiger partial charge in [0.05, 0.1) is 20.8 Å². The van der Waals surface area contributed by atoms with Gasteiger partial charge >= 0.3 is 0 Å². The Bertz CT molecular complexity index is 733. The van der Waals surface area contributed by atoms with E-state index in [2.05, 4.69) is 18.3 Å². The molecule has 0 radical (unpaired) electrons. The second-order valence-corrected chi connectivity index (χ2v) is 5.80. The monoisotopic (exact) mass is 343 g/mol. The van der Waals surface area contributed by atoms with Gasteiger partial charge in [-0.2, -0.15) is 0 Å². The molecule has 5 nitrogen and oxygen atoms in total. The molecule has 0 aliphatic rings. The molecule has 0 unspecified atom stereocenters. The van der Waals surface area contributed by atoms with Gasteiger partial charge in [-0.15, -0.1) is 0 Å². The number of ether oxygens (including phenoxy) is 3. The Labute approximate surface area is 148 Å². The van der Waals surface area contributed by atoms with Crippen molar-refractivity contribution in [3.8, 4) is 17.2 Å². The minimum absolute atomic E-state index is 0.254. The largest absolute Gasteiger partial charge is 0.496 e. The van der Waals surface area contributed by atoms with Gasteiger partial charge in [0, 0.05) is 0 Å². The Balaban J connectivity index is 1.99. The van der Waals surface area contributed by atoms with Crippen molar-refractivity contribution < 1.29 is 19.0 Å². The van der Waals surface area contributed by atoms with E-state index in [4.69, 9.17) is 14.2 Å². The fourth-order valence-electron chi connectivity index (χ4n) is 2.63. The molecule has 2 aromatic carbocycles. The van der Waals surface area contributed by atoms with Crippen molar-refractivity contribution in [3.05, 3.63) is 52.6 Å². The first-order valence-electron chi connectivity index (χ1n) is 8.18. The average molecular weight is 343 g/mol. The van der Waals surface area contributed by atoms with Gasteiger partial charge in [-0.25, -0.2) is 0 Å². The van der Waals surface area contributed by atoms with E-state index in [1.54, 1.807) is 18.2 Å². The Morgan fingerprint density at radius 1 is 0.960 bits per heavy atom. The fraction of sp³-hybridized carbons (Fsp3) is 0.350. The Kier molecular flexibility index (Phi) is 6.28. The van der Waals surface area contributed by atoms with Gasteiger partial charge in [0.25, 0.3) is 5.91 Å². The van der Waals surface area contributed by atoms with Crippen LogP contribution >= 0.6 is 0 Å². The maximum atomic E-state index is 12.5. The van der Waals surface area contributed by atoms with Crippen LogP contribution in [-0.2, 0) is 0 Å². The SMILES string of the molecule is COc1cccc(OC)c1C(=O)NCCOc1c(C)ccc(C)c1C. The third-order valence-corrected chi connectivity index (χ3v) is 4.16. The van der Waals surface area contributed by atoms with Crippen molar-refractivity contribution in [3.63, 3.8) is 0 Å². The second-order valence-electron chi connectivity index (χ2n) is 5.80. The first kappa shape index (κ1) is 18.6. The van der Waals surface area contributed by atoms with E-state index in [9.17, 15) is 4.79 Å². The molecule has 1 N–H and O–H groups in total. The zero-order valence-electron chi connectivity index (χ0n) is 15.4. The smallest absolute Gasteiger partial charge is 0.258 e. The number of carbonyl (C=O) groups excluding carboxylic acids is 1. The summed E-state index contributed by atoms with van der Waals surface area (Å²) in [5, 5.41) is 2.85. The zero-order chi connectivity index (χ0) is 18.4. The number of benzene rings is 2. The number of amides is 1. The number of carbonyl (C=O) groups is 1. The van der Waals surface area contributed by atoms with Gasteiger partial charge in [-0.1, -0.05) is 18.2 Å². The second kappa shape index (κ2) is 8.42. The molecule has 134 valence electrons. The first-order valence-corrected chi connectivity index (χ1v) is 8.18. The van der Waals surface area contributed by atoms with Crippen LogP contribution in [0.25, 0.3) is 0 Å². The summed E-state index contributed by atoms with van der Waals surface area (Å²) in [5.41, 5.74) is 3.78. The van der Waals surface area contributed by atoms with Crippen molar-refractivity contribution in [2.75, 3.05) is 27.4 Å². The van der Waals surface area contributed by atoms with E-state index < -0.39 is 0 Å². The molecule has 0 spiro atoms. The van der Waals surface area contributed by atoms with Crippen LogP contribution in [0.5, 0.6) is 17.2 Å². The summed E-state index contributed by atoms with van der Waals surface area (Å²) < 4.78 is 16.4. The minimum atomic E-state index is -0.254. The van der Waals surface area contributed by atoms with E-state index in [0.29, 0.717) is 30.2 Å². The fourth-order valence-corrected chi connectivity index (χ4v) is 2.63. The molecule has 0 aromatic heterocycles. The van der Waals surface area contributed by atoms with Crippen molar-refractivity contribution in [2.24, 2.45) is 0 Å². The zero-order valence-corrected chi connectivity index (χ0v) is 15.4. The summed E-state index contributed by atoms with van der Waals surface area (Å²) in [6.45, 7) is 6.87. The molecule has 0 saturated carbocycles. The van der Waals surface area contributed by atoms with Gasteiger partial charge in [0.2, 0.25) is 0 Å². The third-order valence-electron chi connectivity index (χ3n) is 4.16. The standard InChI is InChI=1S/C20H25NO4/c1-13-9-10-14(2)19(15(13)3)25-12-11-21-20(22)18-16(23-4)7-6-8-17(18)24-5/h6-10H,11-12H2,1-5H3,(H,21,22). The van der Waals surface area contributed by atoms with E-state index in [1.807, 2.05) is 19.9 Å². The van der Waals surface area contributed by atoms with E-state index in [0.717, 1.165) is 16.9 Å². The predicted molar refractivity (Wildman–Crippen MR) is 98.0 cm³/mol. The molecule has 1 amide bonds. The van der Waals surface area contributed by atoms with E-state index in [-0.39, 0.29) is 5.91 Å². The van der Waals surface area contributed by atoms with Crippen LogP contribution in [0.3, 0.4) is 0 Å². The summed E-state index contributed by atoms with van der Waals surface area (Å²) in [6, 6.07) is 9.35. The van der Waals surface area contributed by atoms with Crippen LogP contribution < -0.4 is 19.5 Å². The molecule has 2 rings (SSSR count). The van der Waals surface area contributed by atoms with Gasteiger partial charge in [0.1, 0.15) is 29.4 Å². The lowest BCUT2D eigenvalue weighted by molar-refractivity contribution is 0.0940. The average Bonchev–Trinajstić information content (AvgIpc) is 2.63. The Morgan fingerprint density at radius 2 is 1.56 bits per heavy atom. The van der Waals surface area contributed by atoms with Gasteiger partial charge in [-0.3, -0.25) is 4.79 Å². The van der Waals surface area contributed by atoms with Crippen molar-refractivity contribution in [1.82, 2.24) is 5.32 Å². The summed E-state index contributed by atoms with van der Waals surface area (Å²) >= 11 is 0. The number of aryl methyl sites for hydroxylation is 2. The van der Waals surface area contributed by atoms with Crippen molar-refractivity contribution in [2.45, 2.75) is 20.8 Å². The van der Waals surface area contributed by atoms with Gasteiger partial charge < -0.3 is 19.5 Å². The van der Waals surface area contributed by atoms with Crippen LogP contribution in [0.1, 0.15) is 27.0 Å². The molecular weight excluding hydrogens is 318 g/mol. The molecule has 2 aromatic rings. The highest BCUT2D eigenvalue weighted by Crippen LogP contribution is 2.28. The molecule has 25 heavy (non-hydrogen) atoms. The Morgan fingerprint density at radius 3 is 2.16 bits per heavy atom. The van der Waals surface area contributed by atoms with Crippen LogP contribution in [0.2, 0.25) is 0 Å². The molecule has 0 saturated heterocycles. The normalized spacial score (nSPS) is 10.3. The van der Waals surface area contributed by atoms with E-state index >= 15 is 0 Å². The molecule has 0 atom stereocenters. The molecule has 5 heteroatoms. The van der Waals surface area contributed by atoms with Crippen molar-refractivity contribution >= 4 is 5.91 Å². The van der Waals surface area contributed by atoms with E-state index in [1.165, 1.54) is 19.8 Å². The predicted octanol–water partition coefficient (Wildman–Crippen LogP) is 3.44. The van der Waals surface area contributed by atoms with Crippen LogP contribution in [0.15, 0.2) is 30.3 Å². The number of hydrogen-bond donors (Lipinski definition) is 1. The molecule has 0 aliphatic carbocycles. The molecular formula is C20H25NO4. The Hall–Kier alpha value is -2.69. The van der Waals surface area contributed by atoms with Crippen LogP contribution in [0.4, 0.5) is 0 Å². The number of rotatable bonds is 7. The minimum Gasteiger partial charge on any atom is -0.496 e. The quantitative estimate of drug-likeness (QED) is 0.783. The van der Waals surface area contributed by atoms with Crippen molar-refractivity contribution in [1.29, 1.82) is 0 Å². The summed E-state index contributed by atoms with van der Waals surface area (Å²) in [5.74, 6) is 1.57. The number of hydrogen-bond acceptors (Lipinski definition) is 4. The molecule has 0 fully saturated rings. The first-order chi connectivity index (χ1) is 12.0. The summed E-state index contributed by atoms with van der Waals surface area (Å²) in [4.78, 5) is 12.5. The van der Waals surface area contributed by atoms with Crippen LogP contribution in [-0.4, -0.2) is 33.3 Å². The van der Waals surface area contributed by atoms with Gasteiger partial charge in [-0.05, 0) is 49.6 Å². The summed E-state index contributed by atoms with van der Waals surface area (Å²) in [6.07, 6.45) is 0. The van der Waals surface area contributed by atoms with Gasteiger partial charge in [0.15, 0.2) is 0 Å². The van der Waals surface area contributed by atoms with Crippen LogP contribution in [0, 0.1) is 20.8 Å². The highest BCUT2D eigenvalue weighted by atomic mass is 16.5. The number of nitrogens with one attached hydrogen (secondary N) is 1. The lowest BCUT2D eigenvalue weighted by Crippen LogP contribution is -2.29. The topological polar surface area (TPSA) is 56.8 Å². The highest BCUT2D eigenvalue weighted by Gasteiger charge is 2.17. The molecule has 0 aliphatic heterocycles. The molecule has 0 bridgehead atoms. The number of methoxy groups -OCH3 is 2. The maximum Gasteiger partial charge on any atom is 0.258 e.